The fourth-order valence-electron chi connectivity index (χ4n) is 4.43. The molecule has 0 heterocycles. The molecule has 2 aliphatic carbocycles. The second kappa shape index (κ2) is 8.46. The van der Waals surface area contributed by atoms with Crippen LogP contribution < -0.4 is 4.74 Å². The average Bonchev–Trinajstić information content (AvgIpc) is 2.58. The third-order valence-corrected chi connectivity index (χ3v) is 6.04. The third kappa shape index (κ3) is 5.15. The highest BCUT2D eigenvalue weighted by molar-refractivity contribution is 5.22. The van der Waals surface area contributed by atoms with Crippen molar-refractivity contribution in [1.82, 2.24) is 0 Å². The van der Waals surface area contributed by atoms with Gasteiger partial charge in [-0.1, -0.05) is 27.2 Å². The zero-order valence-electron chi connectivity index (χ0n) is 14.3. The largest absolute Gasteiger partial charge is 0.432 e. The molecule has 3 rings (SSSR count). The highest BCUT2D eigenvalue weighted by Gasteiger charge is 2.45. The highest BCUT2D eigenvalue weighted by atomic mass is 19.3. The molecule has 1 nitrogen and oxygen atoms in total. The molecule has 1 aromatic carbocycles. The number of halogens is 3. The molecule has 25 heavy (non-hydrogen) atoms. The van der Waals surface area contributed by atoms with E-state index in [9.17, 15) is 13.2 Å². The number of alkyl halides is 2. The zero-order chi connectivity index (χ0) is 17.2. The quantitative estimate of drug-likeness (QED) is 0.561. The Morgan fingerprint density at radius 1 is 0.840 bits per heavy atom. The van der Waals surface area contributed by atoms with Crippen LogP contribution in [0.4, 0.5) is 13.2 Å². The van der Waals surface area contributed by atoms with Gasteiger partial charge in [-0.25, -0.2) is 4.39 Å². The second-order valence-corrected chi connectivity index (χ2v) is 7.75. The summed E-state index contributed by atoms with van der Waals surface area (Å²) in [5.41, 5.74) is 0. The van der Waals surface area contributed by atoms with Crippen molar-refractivity contribution in [3.05, 3.63) is 30.1 Å². The Kier molecular flexibility index (Phi) is 6.81. The van der Waals surface area contributed by atoms with Gasteiger partial charge in [0.2, 0.25) is 0 Å². The van der Waals surface area contributed by atoms with Gasteiger partial charge in [-0.3, -0.25) is 0 Å². The SMILES string of the molecule is C.CC1CCC(C2CCC(C(F)(F)Oc3ccc(F)cc3)CC2)CC1. The minimum Gasteiger partial charge on any atom is -0.432 e. The molecule has 142 valence electrons. The van der Waals surface area contributed by atoms with E-state index in [1.165, 1.54) is 37.8 Å². The first-order chi connectivity index (χ1) is 11.4. The van der Waals surface area contributed by atoms with Crippen molar-refractivity contribution in [3.63, 3.8) is 0 Å². The molecular formula is C21H31F3O. The Morgan fingerprint density at radius 3 is 1.84 bits per heavy atom. The molecule has 0 bridgehead atoms. The molecule has 0 amide bonds. The van der Waals surface area contributed by atoms with E-state index in [4.69, 9.17) is 4.74 Å². The molecule has 0 aliphatic heterocycles. The Morgan fingerprint density at radius 2 is 1.32 bits per heavy atom. The highest BCUT2D eigenvalue weighted by Crippen LogP contribution is 2.45. The van der Waals surface area contributed by atoms with Crippen molar-refractivity contribution in [2.24, 2.45) is 23.7 Å². The number of benzene rings is 1. The van der Waals surface area contributed by atoms with Gasteiger partial charge in [0.1, 0.15) is 11.6 Å². The van der Waals surface area contributed by atoms with Crippen LogP contribution in [0.25, 0.3) is 0 Å². The first-order valence-electron chi connectivity index (χ1n) is 9.26. The van der Waals surface area contributed by atoms with E-state index in [-0.39, 0.29) is 13.2 Å². The topological polar surface area (TPSA) is 9.23 Å². The molecule has 0 unspecified atom stereocenters. The van der Waals surface area contributed by atoms with E-state index in [2.05, 4.69) is 6.92 Å². The van der Waals surface area contributed by atoms with E-state index < -0.39 is 17.8 Å². The van der Waals surface area contributed by atoms with E-state index in [1.807, 2.05) is 0 Å². The summed E-state index contributed by atoms with van der Waals surface area (Å²) in [5, 5.41) is 0. The van der Waals surface area contributed by atoms with E-state index in [0.29, 0.717) is 18.8 Å². The van der Waals surface area contributed by atoms with E-state index in [1.54, 1.807) is 0 Å². The molecule has 0 aromatic heterocycles. The predicted octanol–water partition coefficient (Wildman–Crippen LogP) is 7.07. The molecule has 0 spiro atoms. The normalized spacial score (nSPS) is 30.4. The lowest BCUT2D eigenvalue weighted by molar-refractivity contribution is -0.224. The Labute approximate surface area is 150 Å². The predicted molar refractivity (Wildman–Crippen MR) is 95.3 cm³/mol. The van der Waals surface area contributed by atoms with Crippen LogP contribution >= 0.6 is 0 Å². The molecule has 1 aromatic rings. The van der Waals surface area contributed by atoms with Gasteiger partial charge >= 0.3 is 6.11 Å². The minimum absolute atomic E-state index is 0. The molecule has 0 atom stereocenters. The van der Waals surface area contributed by atoms with Gasteiger partial charge in [-0.2, -0.15) is 8.78 Å². The Bertz CT molecular complexity index is 512. The van der Waals surface area contributed by atoms with Gasteiger partial charge in [0.05, 0.1) is 5.92 Å². The molecule has 0 radical (unpaired) electrons. The van der Waals surface area contributed by atoms with Crippen LogP contribution in [-0.2, 0) is 0 Å². The van der Waals surface area contributed by atoms with Gasteiger partial charge in [-0.15, -0.1) is 0 Å². The number of rotatable bonds is 4. The van der Waals surface area contributed by atoms with Gasteiger partial charge in [0.25, 0.3) is 0 Å². The summed E-state index contributed by atoms with van der Waals surface area (Å²) in [5.74, 6) is 1.01. The first-order valence-corrected chi connectivity index (χ1v) is 9.26. The van der Waals surface area contributed by atoms with Gasteiger partial charge in [0.15, 0.2) is 0 Å². The lowest BCUT2D eigenvalue weighted by Gasteiger charge is -2.38. The maximum atomic E-state index is 14.4. The molecule has 2 aliphatic rings. The van der Waals surface area contributed by atoms with E-state index in [0.717, 1.165) is 36.8 Å². The Hall–Kier alpha value is -1.19. The van der Waals surface area contributed by atoms with Crippen molar-refractivity contribution < 1.29 is 17.9 Å². The molecule has 2 saturated carbocycles. The lowest BCUT2D eigenvalue weighted by atomic mass is 9.69. The minimum atomic E-state index is -3.18. The zero-order valence-corrected chi connectivity index (χ0v) is 14.3. The summed E-state index contributed by atoms with van der Waals surface area (Å²) in [6.07, 6.45) is 4.72. The average molecular weight is 356 g/mol. The van der Waals surface area contributed by atoms with Crippen molar-refractivity contribution in [1.29, 1.82) is 0 Å². The van der Waals surface area contributed by atoms with Crippen molar-refractivity contribution >= 4 is 0 Å². The number of hydrogen-bond donors (Lipinski definition) is 0. The van der Waals surface area contributed by atoms with Gasteiger partial charge in [0, 0.05) is 0 Å². The van der Waals surface area contributed by atoms with Crippen LogP contribution in [0.15, 0.2) is 24.3 Å². The van der Waals surface area contributed by atoms with Crippen LogP contribution in [0.1, 0.15) is 65.7 Å². The van der Waals surface area contributed by atoms with Crippen LogP contribution in [0.3, 0.4) is 0 Å². The standard InChI is InChI=1S/C20H27F3O.CH4/c1-14-2-4-15(5-3-14)16-6-8-17(9-7-16)20(22,23)24-19-12-10-18(21)11-13-19;/h10-17H,2-9H2,1H3;1H4. The Balaban J connectivity index is 0.00000225. The number of hydrogen-bond acceptors (Lipinski definition) is 1. The van der Waals surface area contributed by atoms with Crippen molar-refractivity contribution in [2.45, 2.75) is 71.8 Å². The summed E-state index contributed by atoms with van der Waals surface area (Å²) >= 11 is 0. The molecule has 0 saturated heterocycles. The fourth-order valence-corrected chi connectivity index (χ4v) is 4.43. The first kappa shape index (κ1) is 20.1. The van der Waals surface area contributed by atoms with Crippen LogP contribution in [0, 0.1) is 29.5 Å². The maximum absolute atomic E-state index is 14.4. The lowest BCUT2D eigenvalue weighted by Crippen LogP contribution is -2.38. The molecule has 4 heteroatoms. The summed E-state index contributed by atoms with van der Waals surface area (Å²) < 4.78 is 46.6. The summed E-state index contributed by atoms with van der Waals surface area (Å²) in [6.45, 7) is 2.31. The number of ether oxygens (including phenoxy) is 1. The maximum Gasteiger partial charge on any atom is 0.400 e. The van der Waals surface area contributed by atoms with Gasteiger partial charge < -0.3 is 4.74 Å². The fraction of sp³-hybridized carbons (Fsp3) is 0.714. The van der Waals surface area contributed by atoms with Crippen LogP contribution in [-0.4, -0.2) is 6.11 Å². The monoisotopic (exact) mass is 356 g/mol. The summed E-state index contributed by atoms with van der Waals surface area (Å²) in [7, 11) is 0. The van der Waals surface area contributed by atoms with Crippen molar-refractivity contribution in [3.8, 4) is 5.75 Å². The molecule has 2 fully saturated rings. The summed E-state index contributed by atoms with van der Waals surface area (Å²) in [4.78, 5) is 0. The van der Waals surface area contributed by atoms with Crippen molar-refractivity contribution in [2.75, 3.05) is 0 Å². The molecule has 0 N–H and O–H groups in total. The molecular weight excluding hydrogens is 325 g/mol. The van der Waals surface area contributed by atoms with Gasteiger partial charge in [-0.05, 0) is 80.5 Å². The summed E-state index contributed by atoms with van der Waals surface area (Å²) in [6, 6.07) is 4.81. The van der Waals surface area contributed by atoms with Crippen LogP contribution in [0.5, 0.6) is 5.75 Å². The second-order valence-electron chi connectivity index (χ2n) is 7.75. The van der Waals surface area contributed by atoms with Crippen LogP contribution in [0.2, 0.25) is 0 Å². The smallest absolute Gasteiger partial charge is 0.400 e. The third-order valence-electron chi connectivity index (χ3n) is 6.04. The van der Waals surface area contributed by atoms with E-state index >= 15 is 0 Å².